The fourth-order valence-corrected chi connectivity index (χ4v) is 2.98. The van der Waals surface area contributed by atoms with E-state index >= 15 is 0 Å². The molecule has 0 spiro atoms. The zero-order valence-electron chi connectivity index (χ0n) is 15.5. The Morgan fingerprint density at radius 1 is 0.926 bits per heavy atom. The van der Waals surface area contributed by atoms with Crippen molar-refractivity contribution in [3.05, 3.63) is 88.4 Å². The summed E-state index contributed by atoms with van der Waals surface area (Å²) in [4.78, 5) is 0. The number of para-hydroxylation sites is 1. The maximum absolute atomic E-state index is 6.01. The van der Waals surface area contributed by atoms with Crippen molar-refractivity contribution < 1.29 is 9.47 Å². The van der Waals surface area contributed by atoms with Crippen LogP contribution in [0.5, 0.6) is 11.5 Å². The zero-order valence-corrected chi connectivity index (χ0v) is 16.2. The summed E-state index contributed by atoms with van der Waals surface area (Å²) in [5.74, 6) is 1.62. The molecule has 0 saturated heterocycles. The molecule has 0 aliphatic carbocycles. The van der Waals surface area contributed by atoms with E-state index in [4.69, 9.17) is 21.1 Å². The maximum atomic E-state index is 6.01. The van der Waals surface area contributed by atoms with E-state index in [-0.39, 0.29) is 0 Å². The molecule has 2 N–H and O–H groups in total. The lowest BCUT2D eigenvalue weighted by molar-refractivity contribution is 0.294. The van der Waals surface area contributed by atoms with Gasteiger partial charge in [0.25, 0.3) is 0 Å². The number of ether oxygens (including phenoxy) is 2. The van der Waals surface area contributed by atoms with Gasteiger partial charge in [0.2, 0.25) is 0 Å². The van der Waals surface area contributed by atoms with Gasteiger partial charge >= 0.3 is 0 Å². The van der Waals surface area contributed by atoms with Crippen LogP contribution in [0.3, 0.4) is 0 Å². The van der Waals surface area contributed by atoms with Gasteiger partial charge in [0.05, 0.1) is 7.11 Å². The molecule has 3 aromatic carbocycles. The molecule has 3 rings (SSSR count). The highest BCUT2D eigenvalue weighted by Gasteiger charge is 2.07. The first-order chi connectivity index (χ1) is 13.2. The molecular weight excluding hydrogens is 360 g/mol. The van der Waals surface area contributed by atoms with E-state index in [1.165, 1.54) is 0 Å². The third-order valence-corrected chi connectivity index (χ3v) is 4.40. The number of rotatable bonds is 8. The highest BCUT2D eigenvalue weighted by Crippen LogP contribution is 2.25. The third kappa shape index (κ3) is 5.39. The number of halogens is 1. The van der Waals surface area contributed by atoms with E-state index in [9.17, 15) is 0 Å². The lowest BCUT2D eigenvalue weighted by Gasteiger charge is -2.14. The van der Waals surface area contributed by atoms with Crippen molar-refractivity contribution in [1.82, 2.24) is 5.43 Å². The highest BCUT2D eigenvalue weighted by molar-refractivity contribution is 6.30. The first-order valence-corrected chi connectivity index (χ1v) is 9.12. The number of hydrazine groups is 1. The van der Waals surface area contributed by atoms with E-state index in [1.54, 1.807) is 7.11 Å². The fraction of sp³-hybridized carbons (Fsp3) is 0.182. The second-order valence-corrected chi connectivity index (χ2v) is 6.63. The van der Waals surface area contributed by atoms with Crippen LogP contribution in [0.4, 0.5) is 5.69 Å². The highest BCUT2D eigenvalue weighted by atomic mass is 35.5. The number of nitrogens with one attached hydrogen (secondary N) is 2. The maximum Gasteiger partial charge on any atom is 0.125 e. The van der Waals surface area contributed by atoms with Gasteiger partial charge in [0.1, 0.15) is 18.1 Å². The standard InChI is InChI=1S/C22H23ClN2O2/c1-16-12-19(23)9-11-21(16)27-15-18-13-17(8-10-22(18)26-2)14-24-25-20-6-4-3-5-7-20/h3-13,24-25H,14-15H2,1-2H3. The number of benzene rings is 3. The summed E-state index contributed by atoms with van der Waals surface area (Å²) >= 11 is 6.01. The molecule has 0 saturated carbocycles. The lowest BCUT2D eigenvalue weighted by atomic mass is 10.1. The summed E-state index contributed by atoms with van der Waals surface area (Å²) in [7, 11) is 1.67. The zero-order chi connectivity index (χ0) is 19.1. The van der Waals surface area contributed by atoms with Gasteiger partial charge in [-0.15, -0.1) is 0 Å². The number of methoxy groups -OCH3 is 1. The van der Waals surface area contributed by atoms with Crippen molar-refractivity contribution >= 4 is 17.3 Å². The molecule has 0 fully saturated rings. The Balaban J connectivity index is 1.64. The predicted molar refractivity (Wildman–Crippen MR) is 110 cm³/mol. The lowest BCUT2D eigenvalue weighted by Crippen LogP contribution is -2.20. The van der Waals surface area contributed by atoms with Crippen LogP contribution < -0.4 is 20.3 Å². The molecule has 140 valence electrons. The molecule has 0 bridgehead atoms. The molecule has 0 radical (unpaired) electrons. The molecule has 0 aromatic heterocycles. The monoisotopic (exact) mass is 382 g/mol. The van der Waals surface area contributed by atoms with Crippen LogP contribution >= 0.6 is 11.6 Å². The van der Waals surface area contributed by atoms with Crippen molar-refractivity contribution in [1.29, 1.82) is 0 Å². The first-order valence-electron chi connectivity index (χ1n) is 8.74. The van der Waals surface area contributed by atoms with E-state index in [0.29, 0.717) is 18.2 Å². The Kier molecular flexibility index (Phi) is 6.58. The molecule has 0 amide bonds. The molecule has 0 aliphatic rings. The Morgan fingerprint density at radius 3 is 2.44 bits per heavy atom. The van der Waals surface area contributed by atoms with Crippen molar-refractivity contribution in [3.8, 4) is 11.5 Å². The third-order valence-electron chi connectivity index (χ3n) is 4.16. The molecule has 0 atom stereocenters. The van der Waals surface area contributed by atoms with Crippen LogP contribution in [0.25, 0.3) is 0 Å². The number of anilines is 1. The van der Waals surface area contributed by atoms with Crippen molar-refractivity contribution in [2.24, 2.45) is 0 Å². The molecule has 27 heavy (non-hydrogen) atoms. The van der Waals surface area contributed by atoms with Gasteiger partial charge < -0.3 is 14.9 Å². The Bertz CT molecular complexity index is 885. The largest absolute Gasteiger partial charge is 0.496 e. The van der Waals surface area contributed by atoms with Crippen LogP contribution in [0.2, 0.25) is 5.02 Å². The quantitative estimate of drug-likeness (QED) is 0.515. The number of hydrogen-bond donors (Lipinski definition) is 2. The second-order valence-electron chi connectivity index (χ2n) is 6.19. The summed E-state index contributed by atoms with van der Waals surface area (Å²) in [5, 5.41) is 0.705. The Hall–Kier alpha value is -2.69. The average molecular weight is 383 g/mol. The summed E-state index contributed by atoms with van der Waals surface area (Å²) in [6.45, 7) is 3.07. The topological polar surface area (TPSA) is 42.5 Å². The van der Waals surface area contributed by atoms with E-state index in [2.05, 4.69) is 16.9 Å². The number of aryl methyl sites for hydroxylation is 1. The van der Waals surface area contributed by atoms with Crippen molar-refractivity contribution in [2.45, 2.75) is 20.1 Å². The van der Waals surface area contributed by atoms with E-state index in [0.717, 1.165) is 33.9 Å². The second kappa shape index (κ2) is 9.31. The molecule has 5 heteroatoms. The first kappa shape index (κ1) is 19.1. The smallest absolute Gasteiger partial charge is 0.125 e. The van der Waals surface area contributed by atoms with Crippen LogP contribution in [0.1, 0.15) is 16.7 Å². The minimum absolute atomic E-state index is 0.422. The number of hydrogen-bond acceptors (Lipinski definition) is 4. The van der Waals surface area contributed by atoms with Gasteiger partial charge in [-0.1, -0.05) is 35.9 Å². The summed E-state index contributed by atoms with van der Waals surface area (Å²) in [5.41, 5.74) is 10.6. The van der Waals surface area contributed by atoms with E-state index < -0.39 is 0 Å². The summed E-state index contributed by atoms with van der Waals surface area (Å²) in [6.07, 6.45) is 0. The van der Waals surface area contributed by atoms with Gasteiger partial charge in [-0.05, 0) is 60.5 Å². The summed E-state index contributed by atoms with van der Waals surface area (Å²) < 4.78 is 11.4. The minimum atomic E-state index is 0.422. The van der Waals surface area contributed by atoms with Gasteiger partial charge in [-0.25, -0.2) is 5.43 Å². The molecule has 4 nitrogen and oxygen atoms in total. The van der Waals surface area contributed by atoms with Crippen LogP contribution in [0, 0.1) is 6.92 Å². The van der Waals surface area contributed by atoms with E-state index in [1.807, 2.05) is 67.6 Å². The average Bonchev–Trinajstić information content (AvgIpc) is 2.68. The Labute approximate surface area is 165 Å². The molecule has 0 unspecified atom stereocenters. The van der Waals surface area contributed by atoms with Gasteiger partial charge in [0, 0.05) is 22.8 Å². The predicted octanol–water partition coefficient (Wildman–Crippen LogP) is 5.35. The summed E-state index contributed by atoms with van der Waals surface area (Å²) in [6, 6.07) is 21.7. The fourth-order valence-electron chi connectivity index (χ4n) is 2.75. The van der Waals surface area contributed by atoms with Crippen molar-refractivity contribution in [2.75, 3.05) is 12.5 Å². The Morgan fingerprint density at radius 2 is 1.70 bits per heavy atom. The molecule has 3 aromatic rings. The van der Waals surface area contributed by atoms with Crippen LogP contribution in [-0.4, -0.2) is 7.11 Å². The van der Waals surface area contributed by atoms with Gasteiger partial charge in [-0.3, -0.25) is 0 Å². The van der Waals surface area contributed by atoms with Gasteiger partial charge in [0.15, 0.2) is 0 Å². The van der Waals surface area contributed by atoms with Crippen molar-refractivity contribution in [3.63, 3.8) is 0 Å². The van der Waals surface area contributed by atoms with Crippen LogP contribution in [0.15, 0.2) is 66.7 Å². The molecular formula is C22H23ClN2O2. The molecule has 0 aliphatic heterocycles. The molecule has 0 heterocycles. The normalized spacial score (nSPS) is 10.5. The van der Waals surface area contributed by atoms with Crippen LogP contribution in [-0.2, 0) is 13.2 Å². The SMILES string of the molecule is COc1ccc(CNNc2ccccc2)cc1COc1ccc(Cl)cc1C. The minimum Gasteiger partial charge on any atom is -0.496 e. The van der Waals surface area contributed by atoms with Gasteiger partial charge in [-0.2, -0.15) is 0 Å².